The maximum Gasteiger partial charge on any atom is 0.245 e. The lowest BCUT2D eigenvalue weighted by atomic mass is 10.3. The van der Waals surface area contributed by atoms with Gasteiger partial charge in [0, 0.05) is 16.2 Å². The summed E-state index contributed by atoms with van der Waals surface area (Å²) in [6.07, 6.45) is 0. The molecule has 2 N–H and O–H groups in total. The molecule has 0 amide bonds. The van der Waals surface area contributed by atoms with Crippen molar-refractivity contribution >= 4 is 44.5 Å². The Morgan fingerprint density at radius 2 is 1.81 bits per heavy atom. The highest BCUT2D eigenvalue weighted by molar-refractivity contribution is 9.10. The predicted molar refractivity (Wildman–Crippen MR) is 83.6 cm³/mol. The lowest BCUT2D eigenvalue weighted by Crippen LogP contribution is -2.13. The van der Waals surface area contributed by atoms with Gasteiger partial charge < -0.3 is 10.6 Å². The van der Waals surface area contributed by atoms with Crippen molar-refractivity contribution in [2.24, 2.45) is 0 Å². The standard InChI is InChI=1S/C13H13BrN6O/c1-7(2)15-10-11(16-9-5-3-4-8(14)6-9)18-13-12(17-10)19-21-20-13/h3-7H,1-2H3,(H,15,17,19)(H,16,18,20). The Morgan fingerprint density at radius 3 is 2.48 bits per heavy atom. The Labute approximate surface area is 129 Å². The number of nitrogens with zero attached hydrogens (tertiary/aromatic N) is 4. The van der Waals surface area contributed by atoms with Crippen LogP contribution in [0.3, 0.4) is 0 Å². The SMILES string of the molecule is CC(C)Nc1nc2nonc2nc1Nc1cccc(Br)c1. The fourth-order valence-electron chi connectivity index (χ4n) is 1.80. The summed E-state index contributed by atoms with van der Waals surface area (Å²) < 4.78 is 5.64. The molecular weight excluding hydrogens is 336 g/mol. The summed E-state index contributed by atoms with van der Waals surface area (Å²) in [6.45, 7) is 4.05. The molecular formula is C13H13BrN6O. The molecule has 0 aliphatic heterocycles. The van der Waals surface area contributed by atoms with Crippen molar-refractivity contribution in [2.75, 3.05) is 10.6 Å². The van der Waals surface area contributed by atoms with Crippen molar-refractivity contribution in [1.82, 2.24) is 20.3 Å². The third kappa shape index (κ3) is 3.10. The number of benzene rings is 1. The van der Waals surface area contributed by atoms with Gasteiger partial charge >= 0.3 is 0 Å². The lowest BCUT2D eigenvalue weighted by molar-refractivity contribution is 0.314. The summed E-state index contributed by atoms with van der Waals surface area (Å²) in [5, 5.41) is 13.9. The van der Waals surface area contributed by atoms with E-state index in [-0.39, 0.29) is 6.04 Å². The highest BCUT2D eigenvalue weighted by Gasteiger charge is 2.13. The van der Waals surface area contributed by atoms with Crippen LogP contribution in [0.5, 0.6) is 0 Å². The van der Waals surface area contributed by atoms with Crippen LogP contribution in [0.1, 0.15) is 13.8 Å². The molecule has 3 aromatic rings. The highest BCUT2D eigenvalue weighted by Crippen LogP contribution is 2.25. The van der Waals surface area contributed by atoms with Gasteiger partial charge in [-0.2, -0.15) is 0 Å². The highest BCUT2D eigenvalue weighted by atomic mass is 79.9. The first-order valence-electron chi connectivity index (χ1n) is 6.41. The van der Waals surface area contributed by atoms with E-state index in [1.807, 2.05) is 38.1 Å². The molecule has 0 unspecified atom stereocenters. The van der Waals surface area contributed by atoms with E-state index < -0.39 is 0 Å². The molecule has 0 aliphatic carbocycles. The van der Waals surface area contributed by atoms with Crippen LogP contribution in [0.2, 0.25) is 0 Å². The van der Waals surface area contributed by atoms with Gasteiger partial charge in [0.25, 0.3) is 0 Å². The van der Waals surface area contributed by atoms with Crippen LogP contribution in [0.4, 0.5) is 17.3 Å². The summed E-state index contributed by atoms with van der Waals surface area (Å²) in [7, 11) is 0. The van der Waals surface area contributed by atoms with E-state index in [2.05, 4.69) is 51.5 Å². The third-order valence-electron chi connectivity index (χ3n) is 2.63. The van der Waals surface area contributed by atoms with E-state index >= 15 is 0 Å². The van der Waals surface area contributed by atoms with Gasteiger partial charge in [-0.15, -0.1) is 0 Å². The molecule has 21 heavy (non-hydrogen) atoms. The lowest BCUT2D eigenvalue weighted by Gasteiger charge is -2.13. The van der Waals surface area contributed by atoms with Crippen LogP contribution < -0.4 is 10.6 Å². The minimum atomic E-state index is 0.208. The molecule has 7 nitrogen and oxygen atoms in total. The average Bonchev–Trinajstić information content (AvgIpc) is 2.85. The van der Waals surface area contributed by atoms with Crippen LogP contribution in [0, 0.1) is 0 Å². The van der Waals surface area contributed by atoms with E-state index in [0.29, 0.717) is 22.9 Å². The van der Waals surface area contributed by atoms with E-state index in [4.69, 9.17) is 0 Å². The Balaban J connectivity index is 2.02. The van der Waals surface area contributed by atoms with Gasteiger partial charge in [0.2, 0.25) is 11.3 Å². The first-order valence-corrected chi connectivity index (χ1v) is 7.20. The molecule has 0 bridgehead atoms. The number of anilines is 3. The molecule has 8 heteroatoms. The van der Waals surface area contributed by atoms with Gasteiger partial charge in [0.15, 0.2) is 11.6 Å². The minimum Gasteiger partial charge on any atom is -0.365 e. The zero-order valence-corrected chi connectivity index (χ0v) is 13.0. The first-order chi connectivity index (χ1) is 10.1. The number of halogens is 1. The van der Waals surface area contributed by atoms with Gasteiger partial charge in [0.1, 0.15) is 0 Å². The molecule has 0 radical (unpaired) electrons. The van der Waals surface area contributed by atoms with E-state index in [1.165, 1.54) is 0 Å². The van der Waals surface area contributed by atoms with Crippen molar-refractivity contribution < 1.29 is 4.63 Å². The summed E-state index contributed by atoms with van der Waals surface area (Å²) in [4.78, 5) is 8.77. The zero-order chi connectivity index (χ0) is 14.8. The molecule has 2 aromatic heterocycles. The second-order valence-corrected chi connectivity index (χ2v) is 5.68. The molecule has 1 aromatic carbocycles. The number of nitrogens with one attached hydrogen (secondary N) is 2. The fraction of sp³-hybridized carbons (Fsp3) is 0.231. The topological polar surface area (TPSA) is 88.8 Å². The smallest absolute Gasteiger partial charge is 0.245 e. The Morgan fingerprint density at radius 1 is 1.10 bits per heavy atom. The molecule has 0 spiro atoms. The Kier molecular flexibility index (Phi) is 3.70. The number of aromatic nitrogens is 4. The molecule has 108 valence electrons. The van der Waals surface area contributed by atoms with Crippen molar-refractivity contribution in [2.45, 2.75) is 19.9 Å². The summed E-state index contributed by atoms with van der Waals surface area (Å²) >= 11 is 3.44. The van der Waals surface area contributed by atoms with Gasteiger partial charge in [-0.3, -0.25) is 0 Å². The molecule has 0 aliphatic rings. The number of rotatable bonds is 4. The maximum absolute atomic E-state index is 4.66. The summed E-state index contributed by atoms with van der Waals surface area (Å²) in [5.41, 5.74) is 1.63. The Hall–Kier alpha value is -2.22. The van der Waals surface area contributed by atoms with Gasteiger partial charge in [-0.25, -0.2) is 14.6 Å². The maximum atomic E-state index is 4.66. The minimum absolute atomic E-state index is 0.208. The molecule has 0 fully saturated rings. The fourth-order valence-corrected chi connectivity index (χ4v) is 2.20. The van der Waals surface area contributed by atoms with Gasteiger partial charge in [-0.05, 0) is 42.4 Å². The van der Waals surface area contributed by atoms with Crippen molar-refractivity contribution in [1.29, 1.82) is 0 Å². The Bertz CT molecular complexity index is 772. The second-order valence-electron chi connectivity index (χ2n) is 4.77. The molecule has 0 saturated heterocycles. The van der Waals surface area contributed by atoms with Crippen LogP contribution in [-0.2, 0) is 0 Å². The van der Waals surface area contributed by atoms with E-state index in [0.717, 1.165) is 10.2 Å². The van der Waals surface area contributed by atoms with Crippen molar-refractivity contribution in [3.05, 3.63) is 28.7 Å². The van der Waals surface area contributed by atoms with Gasteiger partial charge in [-0.1, -0.05) is 22.0 Å². The summed E-state index contributed by atoms with van der Waals surface area (Å²) in [6, 6.07) is 7.99. The number of fused-ring (bicyclic) bond motifs is 1. The molecule has 0 saturated carbocycles. The van der Waals surface area contributed by atoms with E-state index in [1.54, 1.807) is 0 Å². The van der Waals surface area contributed by atoms with Crippen molar-refractivity contribution in [3.63, 3.8) is 0 Å². The largest absolute Gasteiger partial charge is 0.365 e. The molecule has 3 rings (SSSR count). The van der Waals surface area contributed by atoms with Crippen LogP contribution in [-0.4, -0.2) is 26.3 Å². The number of hydrogen-bond donors (Lipinski definition) is 2. The normalized spacial score (nSPS) is 11.0. The van der Waals surface area contributed by atoms with Crippen LogP contribution >= 0.6 is 15.9 Å². The average molecular weight is 349 g/mol. The van der Waals surface area contributed by atoms with Gasteiger partial charge in [0.05, 0.1) is 0 Å². The quantitative estimate of drug-likeness (QED) is 0.747. The second kappa shape index (κ2) is 5.65. The van der Waals surface area contributed by atoms with Crippen LogP contribution in [0.25, 0.3) is 11.3 Å². The summed E-state index contributed by atoms with van der Waals surface area (Å²) in [5.74, 6) is 1.18. The van der Waals surface area contributed by atoms with Crippen molar-refractivity contribution in [3.8, 4) is 0 Å². The molecule has 2 heterocycles. The van der Waals surface area contributed by atoms with E-state index in [9.17, 15) is 0 Å². The first kappa shape index (κ1) is 13.7. The zero-order valence-electron chi connectivity index (χ0n) is 11.5. The van der Waals surface area contributed by atoms with Crippen LogP contribution in [0.15, 0.2) is 33.4 Å². The third-order valence-corrected chi connectivity index (χ3v) is 3.12. The predicted octanol–water partition coefficient (Wildman–Crippen LogP) is 3.34. The monoisotopic (exact) mass is 348 g/mol. The number of hydrogen-bond acceptors (Lipinski definition) is 7. The molecule has 0 atom stereocenters.